The van der Waals surface area contributed by atoms with Crippen LogP contribution in [0.5, 0.6) is 0 Å². The Morgan fingerprint density at radius 3 is 2.87 bits per heavy atom. The van der Waals surface area contributed by atoms with E-state index in [1.54, 1.807) is 5.01 Å². The van der Waals surface area contributed by atoms with Gasteiger partial charge in [-0.3, -0.25) is 9.80 Å². The number of carbonyl (C=O) groups is 1. The molecule has 2 rings (SSSR count). The Balaban J connectivity index is 1.83. The summed E-state index contributed by atoms with van der Waals surface area (Å²) in [5.74, 6) is 1.35. The Bertz CT molecular complexity index is 240. The maximum Gasteiger partial charge on any atom is 0.238 e. The first-order valence-corrected chi connectivity index (χ1v) is 5.97. The third-order valence-corrected chi connectivity index (χ3v) is 3.63. The lowest BCUT2D eigenvalue weighted by Gasteiger charge is -2.31. The lowest BCUT2D eigenvalue weighted by molar-refractivity contribution is -0.130. The van der Waals surface area contributed by atoms with Crippen molar-refractivity contribution in [3.63, 3.8) is 0 Å². The van der Waals surface area contributed by atoms with Gasteiger partial charge in [0.25, 0.3) is 0 Å². The number of amides is 1. The highest BCUT2D eigenvalue weighted by Crippen LogP contribution is 2.33. The lowest BCUT2D eigenvalue weighted by atomic mass is 9.79. The molecule has 2 atom stereocenters. The maximum atomic E-state index is 11.7. The smallest absolute Gasteiger partial charge is 0.238 e. The third-order valence-electron chi connectivity index (χ3n) is 3.63. The Morgan fingerprint density at radius 2 is 2.33 bits per heavy atom. The van der Waals surface area contributed by atoms with Crippen LogP contribution in [-0.2, 0) is 4.79 Å². The topological polar surface area (TPSA) is 58.4 Å². The Morgan fingerprint density at radius 1 is 1.60 bits per heavy atom. The highest BCUT2D eigenvalue weighted by molar-refractivity contribution is 5.78. The van der Waals surface area contributed by atoms with Crippen LogP contribution in [0.15, 0.2) is 0 Å². The first kappa shape index (κ1) is 10.9. The van der Waals surface area contributed by atoms with Crippen molar-refractivity contribution in [1.82, 2.24) is 10.4 Å². The van der Waals surface area contributed by atoms with Crippen LogP contribution in [-0.4, -0.2) is 30.0 Å². The molecule has 4 nitrogen and oxygen atoms in total. The van der Waals surface area contributed by atoms with Gasteiger partial charge < -0.3 is 5.73 Å². The van der Waals surface area contributed by atoms with E-state index in [1.165, 1.54) is 19.3 Å². The molecule has 1 heterocycles. The van der Waals surface area contributed by atoms with Crippen molar-refractivity contribution >= 4 is 5.91 Å². The molecule has 0 bridgehead atoms. The molecular formula is C11H21N3O. The third kappa shape index (κ3) is 2.32. The van der Waals surface area contributed by atoms with E-state index in [0.29, 0.717) is 24.9 Å². The molecule has 1 saturated carbocycles. The molecule has 0 aromatic carbocycles. The fraction of sp³-hybridized carbons (Fsp3) is 0.909. The fourth-order valence-electron chi connectivity index (χ4n) is 2.27. The first-order valence-electron chi connectivity index (χ1n) is 5.97. The van der Waals surface area contributed by atoms with Crippen LogP contribution in [0.25, 0.3) is 0 Å². The van der Waals surface area contributed by atoms with Crippen LogP contribution < -0.4 is 11.2 Å². The van der Waals surface area contributed by atoms with Crippen LogP contribution in [0.1, 0.15) is 32.6 Å². The SMILES string of the molecule is CC(CN)CN1NC(C2CCC2)CC1=O. The zero-order valence-corrected chi connectivity index (χ0v) is 9.41. The summed E-state index contributed by atoms with van der Waals surface area (Å²) in [7, 11) is 0. The number of nitrogens with one attached hydrogen (secondary N) is 1. The summed E-state index contributed by atoms with van der Waals surface area (Å²) in [6, 6.07) is 0.399. The van der Waals surface area contributed by atoms with Crippen molar-refractivity contribution in [3.8, 4) is 0 Å². The van der Waals surface area contributed by atoms with Gasteiger partial charge in [0.15, 0.2) is 0 Å². The summed E-state index contributed by atoms with van der Waals surface area (Å²) in [4.78, 5) is 11.7. The standard InChI is InChI=1S/C11H21N3O/c1-8(6-12)7-14-11(15)5-10(13-14)9-3-2-4-9/h8-10,13H,2-7,12H2,1H3. The largest absolute Gasteiger partial charge is 0.330 e. The van der Waals surface area contributed by atoms with Crippen molar-refractivity contribution in [2.24, 2.45) is 17.6 Å². The molecule has 0 radical (unpaired) electrons. The van der Waals surface area contributed by atoms with E-state index in [2.05, 4.69) is 12.3 Å². The van der Waals surface area contributed by atoms with Gasteiger partial charge in [-0.25, -0.2) is 5.43 Å². The summed E-state index contributed by atoms with van der Waals surface area (Å²) in [5, 5.41) is 1.78. The summed E-state index contributed by atoms with van der Waals surface area (Å²) in [5.41, 5.74) is 8.90. The van der Waals surface area contributed by atoms with Gasteiger partial charge in [0.1, 0.15) is 0 Å². The molecule has 2 fully saturated rings. The number of rotatable bonds is 4. The number of carbonyl (C=O) groups excluding carboxylic acids is 1. The molecule has 2 unspecified atom stereocenters. The molecular weight excluding hydrogens is 190 g/mol. The number of nitrogens with zero attached hydrogens (tertiary/aromatic N) is 1. The van der Waals surface area contributed by atoms with E-state index in [1.807, 2.05) is 0 Å². The minimum atomic E-state index is 0.243. The quantitative estimate of drug-likeness (QED) is 0.711. The molecule has 1 amide bonds. The second-order valence-corrected chi connectivity index (χ2v) is 4.98. The minimum Gasteiger partial charge on any atom is -0.330 e. The van der Waals surface area contributed by atoms with Crippen LogP contribution in [0, 0.1) is 11.8 Å². The van der Waals surface area contributed by atoms with Gasteiger partial charge in [0, 0.05) is 19.0 Å². The summed E-state index contributed by atoms with van der Waals surface area (Å²) < 4.78 is 0. The van der Waals surface area contributed by atoms with Crippen molar-refractivity contribution in [2.75, 3.05) is 13.1 Å². The highest BCUT2D eigenvalue weighted by atomic mass is 16.2. The second-order valence-electron chi connectivity index (χ2n) is 4.98. The summed E-state index contributed by atoms with van der Waals surface area (Å²) in [6.45, 7) is 3.46. The van der Waals surface area contributed by atoms with Gasteiger partial charge in [-0.05, 0) is 31.2 Å². The molecule has 1 aliphatic heterocycles. The van der Waals surface area contributed by atoms with E-state index < -0.39 is 0 Å². The summed E-state index contributed by atoms with van der Waals surface area (Å²) in [6.07, 6.45) is 4.58. The predicted octanol–water partition coefficient (Wildman–Crippen LogP) is 0.487. The average molecular weight is 211 g/mol. The number of hydrogen-bond donors (Lipinski definition) is 2. The Labute approximate surface area is 91.2 Å². The van der Waals surface area contributed by atoms with Gasteiger partial charge in [-0.1, -0.05) is 13.3 Å². The van der Waals surface area contributed by atoms with E-state index in [9.17, 15) is 4.79 Å². The zero-order chi connectivity index (χ0) is 10.8. The van der Waals surface area contributed by atoms with Crippen LogP contribution in [0.4, 0.5) is 0 Å². The van der Waals surface area contributed by atoms with Crippen molar-refractivity contribution < 1.29 is 4.79 Å². The van der Waals surface area contributed by atoms with E-state index in [-0.39, 0.29) is 5.91 Å². The minimum absolute atomic E-state index is 0.243. The molecule has 15 heavy (non-hydrogen) atoms. The van der Waals surface area contributed by atoms with Gasteiger partial charge in [-0.15, -0.1) is 0 Å². The molecule has 2 aliphatic rings. The molecule has 3 N–H and O–H groups in total. The van der Waals surface area contributed by atoms with E-state index in [0.717, 1.165) is 12.5 Å². The van der Waals surface area contributed by atoms with Crippen molar-refractivity contribution in [2.45, 2.75) is 38.6 Å². The number of hydrogen-bond acceptors (Lipinski definition) is 3. The van der Waals surface area contributed by atoms with E-state index >= 15 is 0 Å². The van der Waals surface area contributed by atoms with Crippen LogP contribution >= 0.6 is 0 Å². The van der Waals surface area contributed by atoms with Gasteiger partial charge >= 0.3 is 0 Å². The highest BCUT2D eigenvalue weighted by Gasteiger charge is 2.36. The number of nitrogens with two attached hydrogens (primary N) is 1. The predicted molar refractivity (Wildman–Crippen MR) is 58.8 cm³/mol. The Hall–Kier alpha value is -0.610. The molecule has 1 saturated heterocycles. The Kier molecular flexibility index (Phi) is 3.26. The molecule has 1 aliphatic carbocycles. The molecule has 0 aromatic heterocycles. The molecule has 0 spiro atoms. The van der Waals surface area contributed by atoms with Crippen LogP contribution in [0.3, 0.4) is 0 Å². The van der Waals surface area contributed by atoms with Gasteiger partial charge in [0.2, 0.25) is 5.91 Å². The van der Waals surface area contributed by atoms with E-state index in [4.69, 9.17) is 5.73 Å². The van der Waals surface area contributed by atoms with Crippen molar-refractivity contribution in [3.05, 3.63) is 0 Å². The fourth-order valence-corrected chi connectivity index (χ4v) is 2.27. The zero-order valence-electron chi connectivity index (χ0n) is 9.41. The molecule has 0 aromatic rings. The average Bonchev–Trinajstić information content (AvgIpc) is 2.44. The van der Waals surface area contributed by atoms with Crippen molar-refractivity contribution in [1.29, 1.82) is 0 Å². The maximum absolute atomic E-state index is 11.7. The number of hydrazine groups is 1. The lowest BCUT2D eigenvalue weighted by Crippen LogP contribution is -2.44. The first-order chi connectivity index (χ1) is 7.20. The van der Waals surface area contributed by atoms with Gasteiger partial charge in [0.05, 0.1) is 0 Å². The molecule has 86 valence electrons. The molecule has 4 heteroatoms. The summed E-state index contributed by atoms with van der Waals surface area (Å²) >= 11 is 0. The normalized spacial score (nSPS) is 29.3. The monoisotopic (exact) mass is 211 g/mol. The van der Waals surface area contributed by atoms with Gasteiger partial charge in [-0.2, -0.15) is 0 Å². The van der Waals surface area contributed by atoms with Crippen LogP contribution in [0.2, 0.25) is 0 Å². The second kappa shape index (κ2) is 4.49.